The average Bonchev–Trinajstić information content (AvgIpc) is 3.44. The van der Waals surface area contributed by atoms with Crippen molar-refractivity contribution < 1.29 is 19.0 Å². The fraction of sp³-hybridized carbons (Fsp3) is 0.219. The van der Waals surface area contributed by atoms with Crippen LogP contribution in [-0.2, 0) is 17.8 Å². The van der Waals surface area contributed by atoms with E-state index in [9.17, 15) is 4.79 Å². The molecule has 1 atom stereocenters. The van der Waals surface area contributed by atoms with Gasteiger partial charge < -0.3 is 23.9 Å². The maximum Gasteiger partial charge on any atom is 0.221 e. The lowest BCUT2D eigenvalue weighted by molar-refractivity contribution is -0.121. The Morgan fingerprint density at radius 3 is 2.42 bits per heavy atom. The van der Waals surface area contributed by atoms with Crippen LogP contribution in [-0.4, -0.2) is 41.0 Å². The van der Waals surface area contributed by atoms with Crippen molar-refractivity contribution in [2.75, 3.05) is 20.8 Å². The van der Waals surface area contributed by atoms with E-state index in [4.69, 9.17) is 19.2 Å². The Morgan fingerprint density at radius 1 is 0.925 bits per heavy atom. The summed E-state index contributed by atoms with van der Waals surface area (Å²) in [6, 6.07) is 25.3. The van der Waals surface area contributed by atoms with Gasteiger partial charge in [-0.05, 0) is 47.5 Å². The van der Waals surface area contributed by atoms with Crippen molar-refractivity contribution in [2.45, 2.75) is 25.4 Å². The highest BCUT2D eigenvalue weighted by molar-refractivity contribution is 5.77. The van der Waals surface area contributed by atoms with Crippen molar-refractivity contribution in [3.8, 4) is 17.2 Å². The Hall–Kier alpha value is -4.85. The van der Waals surface area contributed by atoms with E-state index in [0.717, 1.165) is 22.5 Å². The smallest absolute Gasteiger partial charge is 0.221 e. The van der Waals surface area contributed by atoms with Crippen LogP contribution in [0.15, 0.2) is 97.5 Å². The molecule has 8 nitrogen and oxygen atoms in total. The zero-order chi connectivity index (χ0) is 27.7. The van der Waals surface area contributed by atoms with Gasteiger partial charge in [-0.25, -0.2) is 4.98 Å². The lowest BCUT2D eigenvalue weighted by Gasteiger charge is -2.19. The number of aromatic nitrogens is 3. The number of hydrogen-bond donors (Lipinski definition) is 1. The molecule has 5 aromatic rings. The van der Waals surface area contributed by atoms with E-state index in [1.807, 2.05) is 95.7 Å². The van der Waals surface area contributed by atoms with Gasteiger partial charge in [-0.15, -0.1) is 0 Å². The second-order valence-corrected chi connectivity index (χ2v) is 9.35. The first kappa shape index (κ1) is 26.7. The topological polar surface area (TPSA) is 87.0 Å². The number of pyridine rings is 2. The summed E-state index contributed by atoms with van der Waals surface area (Å²) in [5.41, 5.74) is 4.43. The van der Waals surface area contributed by atoms with Crippen LogP contribution in [0.1, 0.15) is 34.9 Å². The third-order valence-electron chi connectivity index (χ3n) is 6.72. The number of rotatable bonds is 12. The van der Waals surface area contributed by atoms with Gasteiger partial charge in [0.2, 0.25) is 5.91 Å². The molecule has 1 amide bonds. The summed E-state index contributed by atoms with van der Waals surface area (Å²) in [5.74, 6) is 1.57. The number of nitrogens with one attached hydrogen (secondary N) is 1. The lowest BCUT2D eigenvalue weighted by Crippen LogP contribution is -2.28. The van der Waals surface area contributed by atoms with Crippen molar-refractivity contribution in [3.63, 3.8) is 0 Å². The first-order chi connectivity index (χ1) is 19.6. The molecule has 0 aliphatic carbocycles. The van der Waals surface area contributed by atoms with Crippen molar-refractivity contribution in [1.29, 1.82) is 0 Å². The minimum Gasteiger partial charge on any atom is -0.497 e. The summed E-state index contributed by atoms with van der Waals surface area (Å²) in [5, 5.41) is 3.05. The molecule has 0 aliphatic heterocycles. The number of carbonyl (C=O) groups excluding carboxylic acids is 1. The Balaban J connectivity index is 1.43. The number of ether oxygens (including phenoxy) is 3. The number of nitrogens with zero attached hydrogens (tertiary/aromatic N) is 3. The first-order valence-electron chi connectivity index (χ1n) is 13.2. The molecule has 0 aliphatic rings. The molecule has 204 valence electrons. The maximum absolute atomic E-state index is 13.2. The second-order valence-electron chi connectivity index (χ2n) is 9.35. The van der Waals surface area contributed by atoms with E-state index in [-0.39, 0.29) is 18.2 Å². The molecule has 0 radical (unpaired) electrons. The molecular formula is C32H32N4O4. The van der Waals surface area contributed by atoms with E-state index < -0.39 is 0 Å². The minimum atomic E-state index is -0.321. The monoisotopic (exact) mass is 536 g/mol. The molecule has 0 saturated heterocycles. The van der Waals surface area contributed by atoms with Crippen LogP contribution in [0.2, 0.25) is 0 Å². The number of carbonyl (C=O) groups is 1. The number of imidazole rings is 1. The third kappa shape index (κ3) is 6.40. The highest BCUT2D eigenvalue weighted by atomic mass is 16.5. The van der Waals surface area contributed by atoms with Gasteiger partial charge in [0, 0.05) is 55.7 Å². The molecule has 1 N–H and O–H groups in total. The van der Waals surface area contributed by atoms with E-state index in [0.29, 0.717) is 42.5 Å². The molecule has 0 bridgehead atoms. The first-order valence-corrected chi connectivity index (χ1v) is 13.2. The van der Waals surface area contributed by atoms with Gasteiger partial charge in [-0.2, -0.15) is 0 Å². The van der Waals surface area contributed by atoms with Crippen LogP contribution in [0, 0.1) is 0 Å². The summed E-state index contributed by atoms with van der Waals surface area (Å²) >= 11 is 0. The summed E-state index contributed by atoms with van der Waals surface area (Å²) in [6.45, 7) is 0.923. The van der Waals surface area contributed by atoms with E-state index in [1.165, 1.54) is 0 Å². The maximum atomic E-state index is 13.2. The van der Waals surface area contributed by atoms with Crippen LogP contribution in [0.5, 0.6) is 17.2 Å². The number of benzene rings is 2. The Morgan fingerprint density at radius 2 is 1.70 bits per heavy atom. The summed E-state index contributed by atoms with van der Waals surface area (Å²) in [4.78, 5) is 22.3. The molecule has 1 unspecified atom stereocenters. The van der Waals surface area contributed by atoms with Crippen LogP contribution >= 0.6 is 0 Å². The van der Waals surface area contributed by atoms with Gasteiger partial charge >= 0.3 is 0 Å². The second kappa shape index (κ2) is 12.8. The summed E-state index contributed by atoms with van der Waals surface area (Å²) in [7, 11) is 3.23. The highest BCUT2D eigenvalue weighted by Gasteiger charge is 2.24. The highest BCUT2D eigenvalue weighted by Crippen LogP contribution is 2.35. The largest absolute Gasteiger partial charge is 0.497 e. The molecule has 2 aromatic carbocycles. The quantitative estimate of drug-likeness (QED) is 0.236. The Labute approximate surface area is 233 Å². The van der Waals surface area contributed by atoms with Gasteiger partial charge in [-0.3, -0.25) is 9.78 Å². The molecule has 0 fully saturated rings. The third-order valence-corrected chi connectivity index (χ3v) is 6.72. The van der Waals surface area contributed by atoms with Crippen LogP contribution < -0.4 is 19.5 Å². The Kier molecular flexibility index (Phi) is 8.56. The van der Waals surface area contributed by atoms with Gasteiger partial charge in [0.15, 0.2) is 11.4 Å². The predicted octanol–water partition coefficient (Wildman–Crippen LogP) is 5.21. The van der Waals surface area contributed by atoms with Crippen molar-refractivity contribution in [3.05, 3.63) is 120 Å². The fourth-order valence-corrected chi connectivity index (χ4v) is 4.67. The van der Waals surface area contributed by atoms with Crippen LogP contribution in [0.25, 0.3) is 5.65 Å². The molecule has 3 heterocycles. The van der Waals surface area contributed by atoms with Gasteiger partial charge in [0.1, 0.15) is 18.1 Å². The van der Waals surface area contributed by atoms with Crippen LogP contribution in [0.4, 0.5) is 0 Å². The molecule has 3 aromatic heterocycles. The lowest BCUT2D eigenvalue weighted by atomic mass is 9.91. The van der Waals surface area contributed by atoms with Gasteiger partial charge in [-0.1, -0.05) is 36.4 Å². The normalized spacial score (nSPS) is 11.7. The molecule has 40 heavy (non-hydrogen) atoms. The van der Waals surface area contributed by atoms with Gasteiger partial charge in [0.05, 0.1) is 19.9 Å². The molecule has 0 spiro atoms. The van der Waals surface area contributed by atoms with E-state index in [1.54, 1.807) is 20.4 Å². The van der Waals surface area contributed by atoms with E-state index >= 15 is 0 Å². The average molecular weight is 537 g/mol. The Bertz CT molecular complexity index is 1530. The minimum absolute atomic E-state index is 0.0749. The summed E-state index contributed by atoms with van der Waals surface area (Å²) < 4.78 is 19.2. The van der Waals surface area contributed by atoms with Crippen molar-refractivity contribution in [1.82, 2.24) is 19.7 Å². The zero-order valence-electron chi connectivity index (χ0n) is 22.6. The standard InChI is InChI=1S/C32H32N4O4/c1-38-26-17-24(18-27(19-26)39-2)28(20-31(37)34-15-13-25-11-6-7-14-33-25)29-21-35-32-30(12-8-16-36(29)32)40-22-23-9-4-3-5-10-23/h3-12,14,16-19,21,28H,13,15,20,22H2,1-2H3,(H,34,37). The van der Waals surface area contributed by atoms with Crippen LogP contribution in [0.3, 0.4) is 0 Å². The number of amides is 1. The molecule has 5 rings (SSSR count). The molecule has 8 heteroatoms. The van der Waals surface area contributed by atoms with E-state index in [2.05, 4.69) is 10.3 Å². The van der Waals surface area contributed by atoms with Crippen molar-refractivity contribution >= 4 is 11.6 Å². The molecular weight excluding hydrogens is 504 g/mol. The summed E-state index contributed by atoms with van der Waals surface area (Å²) in [6.07, 6.45) is 6.37. The predicted molar refractivity (Wildman–Crippen MR) is 153 cm³/mol. The van der Waals surface area contributed by atoms with Gasteiger partial charge in [0.25, 0.3) is 0 Å². The fourth-order valence-electron chi connectivity index (χ4n) is 4.67. The number of methoxy groups -OCH3 is 2. The SMILES string of the molecule is COc1cc(OC)cc(C(CC(=O)NCCc2ccccn2)c2cnc3c(OCc4ccccc4)cccn23)c1. The number of fused-ring (bicyclic) bond motifs is 1. The van der Waals surface area contributed by atoms with Crippen molar-refractivity contribution in [2.24, 2.45) is 0 Å². The molecule has 0 saturated carbocycles. The number of hydrogen-bond acceptors (Lipinski definition) is 6. The zero-order valence-corrected chi connectivity index (χ0v) is 22.6.